The van der Waals surface area contributed by atoms with Crippen molar-refractivity contribution in [2.75, 3.05) is 31.9 Å². The van der Waals surface area contributed by atoms with E-state index in [9.17, 15) is 14.0 Å². The summed E-state index contributed by atoms with van der Waals surface area (Å²) in [6.07, 6.45) is 1.97. The topological polar surface area (TPSA) is 75.4 Å². The summed E-state index contributed by atoms with van der Waals surface area (Å²) in [5.74, 6) is 0.104. The third-order valence-electron chi connectivity index (χ3n) is 4.00. The van der Waals surface area contributed by atoms with Gasteiger partial charge in [0.05, 0.1) is 5.92 Å². The van der Waals surface area contributed by atoms with Crippen LogP contribution in [0.25, 0.3) is 0 Å². The largest absolute Gasteiger partial charge is 0.355 e. The number of rotatable bonds is 7. The fourth-order valence-electron chi connectivity index (χ4n) is 2.73. The van der Waals surface area contributed by atoms with Gasteiger partial charge in [-0.2, -0.15) is 0 Å². The molecule has 2 rings (SSSR count). The number of benzene rings is 1. The van der Waals surface area contributed by atoms with Gasteiger partial charge in [0.1, 0.15) is 5.82 Å². The molecule has 3 N–H and O–H groups in total. The van der Waals surface area contributed by atoms with E-state index in [0.717, 1.165) is 12.8 Å². The fraction of sp³-hybridized carbons (Fsp3) is 0.529. The van der Waals surface area contributed by atoms with Gasteiger partial charge in [-0.3, -0.25) is 9.59 Å². The minimum absolute atomic E-state index is 0. The lowest BCUT2D eigenvalue weighted by atomic mass is 9.97. The highest BCUT2D eigenvalue weighted by Crippen LogP contribution is 2.23. The first-order valence-electron chi connectivity index (χ1n) is 8.24. The van der Waals surface area contributed by atoms with Crippen molar-refractivity contribution >= 4 is 36.0 Å². The van der Waals surface area contributed by atoms with E-state index >= 15 is 0 Å². The molecule has 2 amide bonds. The Morgan fingerprint density at radius 1 is 1.36 bits per heavy atom. The van der Waals surface area contributed by atoms with Crippen LogP contribution in [0.3, 0.4) is 0 Å². The molecule has 25 heavy (non-hydrogen) atoms. The van der Waals surface area contributed by atoms with E-state index in [0.29, 0.717) is 43.2 Å². The lowest BCUT2D eigenvalue weighted by Gasteiger charge is -2.32. The summed E-state index contributed by atoms with van der Waals surface area (Å²) in [7, 11) is 0. The van der Waals surface area contributed by atoms with E-state index in [4.69, 9.17) is 5.73 Å². The Morgan fingerprint density at radius 2 is 2.12 bits per heavy atom. The first-order valence-corrected chi connectivity index (χ1v) is 9.23. The lowest BCUT2D eigenvalue weighted by Crippen LogP contribution is -2.46. The second kappa shape index (κ2) is 11.3. The molecule has 0 aliphatic carbocycles. The Bertz CT molecular complexity index is 577. The van der Waals surface area contributed by atoms with Gasteiger partial charge in [0.25, 0.3) is 0 Å². The minimum atomic E-state index is -0.260. The number of likely N-dealkylation sites (tertiary alicyclic amines) is 1. The van der Waals surface area contributed by atoms with Gasteiger partial charge in [0.15, 0.2) is 0 Å². The number of amides is 2. The van der Waals surface area contributed by atoms with Crippen molar-refractivity contribution in [3.8, 4) is 0 Å². The number of hydrogen-bond acceptors (Lipinski definition) is 4. The van der Waals surface area contributed by atoms with Crippen molar-refractivity contribution in [3.05, 3.63) is 30.1 Å². The van der Waals surface area contributed by atoms with Crippen molar-refractivity contribution < 1.29 is 14.0 Å². The Balaban J connectivity index is 0.00000312. The number of hydrogen-bond donors (Lipinski definition) is 2. The minimum Gasteiger partial charge on any atom is -0.355 e. The monoisotopic (exact) mass is 389 g/mol. The van der Waals surface area contributed by atoms with Crippen LogP contribution < -0.4 is 11.1 Å². The van der Waals surface area contributed by atoms with Crippen molar-refractivity contribution in [2.24, 2.45) is 11.7 Å². The van der Waals surface area contributed by atoms with E-state index in [-0.39, 0.29) is 36.0 Å². The Morgan fingerprint density at radius 3 is 2.84 bits per heavy atom. The normalized spacial score (nSPS) is 16.9. The van der Waals surface area contributed by atoms with Crippen molar-refractivity contribution in [3.63, 3.8) is 0 Å². The van der Waals surface area contributed by atoms with Gasteiger partial charge < -0.3 is 16.0 Å². The number of carbonyl (C=O) groups excluding carboxylic acids is 2. The highest BCUT2D eigenvalue weighted by molar-refractivity contribution is 7.99. The summed E-state index contributed by atoms with van der Waals surface area (Å²) in [5.41, 5.74) is 5.39. The molecule has 1 aromatic carbocycles. The van der Waals surface area contributed by atoms with E-state index in [2.05, 4.69) is 5.32 Å². The van der Waals surface area contributed by atoms with Gasteiger partial charge in [0, 0.05) is 43.2 Å². The summed E-state index contributed by atoms with van der Waals surface area (Å²) in [4.78, 5) is 26.6. The summed E-state index contributed by atoms with van der Waals surface area (Å²) in [5, 5.41) is 2.78. The molecule has 8 heteroatoms. The van der Waals surface area contributed by atoms with Crippen molar-refractivity contribution in [1.29, 1.82) is 0 Å². The van der Waals surface area contributed by atoms with Gasteiger partial charge in [-0.15, -0.1) is 24.2 Å². The number of nitrogens with zero attached hydrogens (tertiary/aromatic N) is 1. The highest BCUT2D eigenvalue weighted by Gasteiger charge is 2.27. The molecule has 1 unspecified atom stereocenters. The maximum absolute atomic E-state index is 13.5. The second-order valence-corrected chi connectivity index (χ2v) is 6.92. The predicted molar refractivity (Wildman–Crippen MR) is 100 cm³/mol. The van der Waals surface area contributed by atoms with Crippen LogP contribution in [0, 0.1) is 11.7 Å². The molecule has 0 bridgehead atoms. The van der Waals surface area contributed by atoms with Crippen molar-refractivity contribution in [2.45, 2.75) is 24.2 Å². The molecule has 1 atom stereocenters. The van der Waals surface area contributed by atoms with Crippen LogP contribution in [0.15, 0.2) is 29.2 Å². The number of nitrogens with one attached hydrogen (secondary N) is 1. The van der Waals surface area contributed by atoms with Crippen LogP contribution in [0.2, 0.25) is 0 Å². The molecule has 140 valence electrons. The SMILES string of the molecule is Cl.NCCNC(=O)C1CCCN(C(=O)CCSc2ccccc2F)C1. The van der Waals surface area contributed by atoms with Crippen LogP contribution in [0.5, 0.6) is 0 Å². The standard InChI is InChI=1S/C17H24FN3O2S.ClH/c18-14-5-1-2-6-15(14)24-11-7-16(22)21-10-3-4-13(12-21)17(23)20-9-8-19;/h1-2,5-6,13H,3-4,7-12,19H2,(H,20,23);1H. The molecule has 1 aliphatic rings. The van der Waals surface area contributed by atoms with Gasteiger partial charge in [0.2, 0.25) is 11.8 Å². The first-order chi connectivity index (χ1) is 11.6. The molecule has 0 radical (unpaired) electrons. The van der Waals surface area contributed by atoms with Gasteiger partial charge >= 0.3 is 0 Å². The molecule has 0 spiro atoms. The Hall–Kier alpha value is -1.31. The zero-order valence-electron chi connectivity index (χ0n) is 14.1. The van der Waals surface area contributed by atoms with Crippen LogP contribution in [-0.4, -0.2) is 48.6 Å². The predicted octanol–water partition coefficient (Wildman–Crippen LogP) is 2.04. The van der Waals surface area contributed by atoms with Gasteiger partial charge in [-0.05, 0) is 25.0 Å². The second-order valence-electron chi connectivity index (χ2n) is 5.79. The number of nitrogens with two attached hydrogens (primary N) is 1. The van der Waals surface area contributed by atoms with Crippen LogP contribution in [-0.2, 0) is 9.59 Å². The molecule has 1 heterocycles. The molecular weight excluding hydrogens is 365 g/mol. The number of halogens is 2. The maximum atomic E-state index is 13.5. The molecular formula is C17H25ClFN3O2S. The van der Waals surface area contributed by atoms with E-state index in [1.165, 1.54) is 17.8 Å². The molecule has 1 aromatic rings. The Kier molecular flexibility index (Phi) is 9.85. The highest BCUT2D eigenvalue weighted by atomic mass is 35.5. The Labute approximate surface area is 158 Å². The smallest absolute Gasteiger partial charge is 0.224 e. The van der Waals surface area contributed by atoms with Gasteiger partial charge in [-0.1, -0.05) is 12.1 Å². The number of carbonyl (C=O) groups is 2. The molecule has 1 aliphatic heterocycles. The zero-order chi connectivity index (χ0) is 17.4. The van der Waals surface area contributed by atoms with E-state index in [1.54, 1.807) is 23.1 Å². The third-order valence-corrected chi connectivity index (χ3v) is 5.05. The number of piperidine rings is 1. The average Bonchev–Trinajstić information content (AvgIpc) is 2.61. The van der Waals surface area contributed by atoms with E-state index in [1.807, 2.05) is 0 Å². The lowest BCUT2D eigenvalue weighted by molar-refractivity contribution is -0.135. The summed E-state index contributed by atoms with van der Waals surface area (Å²) in [6.45, 7) is 2.01. The van der Waals surface area contributed by atoms with Crippen LogP contribution in [0.1, 0.15) is 19.3 Å². The van der Waals surface area contributed by atoms with Gasteiger partial charge in [-0.25, -0.2) is 4.39 Å². The summed E-state index contributed by atoms with van der Waals surface area (Å²) in [6, 6.07) is 6.55. The summed E-state index contributed by atoms with van der Waals surface area (Å²) >= 11 is 1.34. The number of thioether (sulfide) groups is 1. The molecule has 5 nitrogen and oxygen atoms in total. The summed E-state index contributed by atoms with van der Waals surface area (Å²) < 4.78 is 13.5. The molecule has 0 aromatic heterocycles. The fourth-order valence-corrected chi connectivity index (χ4v) is 3.60. The average molecular weight is 390 g/mol. The third kappa shape index (κ3) is 6.84. The zero-order valence-corrected chi connectivity index (χ0v) is 15.7. The van der Waals surface area contributed by atoms with Crippen LogP contribution >= 0.6 is 24.2 Å². The molecule has 1 fully saturated rings. The quantitative estimate of drug-likeness (QED) is 0.700. The first kappa shape index (κ1) is 21.7. The van der Waals surface area contributed by atoms with Crippen molar-refractivity contribution in [1.82, 2.24) is 10.2 Å². The molecule has 1 saturated heterocycles. The maximum Gasteiger partial charge on any atom is 0.224 e. The van der Waals surface area contributed by atoms with Crippen LogP contribution in [0.4, 0.5) is 4.39 Å². The van der Waals surface area contributed by atoms with E-state index < -0.39 is 0 Å². The molecule has 0 saturated carbocycles.